The topological polar surface area (TPSA) is 75.9 Å². The number of nitrogens with zero attached hydrogens (tertiary/aromatic N) is 5. The number of anilines is 2. The highest BCUT2D eigenvalue weighted by atomic mass is 35.5. The van der Waals surface area contributed by atoms with Crippen molar-refractivity contribution in [3.63, 3.8) is 0 Å². The average Bonchev–Trinajstić information content (AvgIpc) is 3.41. The van der Waals surface area contributed by atoms with Crippen LogP contribution in [0.5, 0.6) is 0 Å². The molecule has 0 radical (unpaired) electrons. The number of halogens is 1. The van der Waals surface area contributed by atoms with Crippen LogP contribution in [0.4, 0.5) is 11.4 Å². The quantitative estimate of drug-likeness (QED) is 0.638. The maximum Gasteiger partial charge on any atom is 0.257 e. The van der Waals surface area contributed by atoms with Crippen molar-refractivity contribution in [1.82, 2.24) is 19.7 Å². The van der Waals surface area contributed by atoms with Crippen LogP contribution in [0.25, 0.3) is 5.95 Å². The summed E-state index contributed by atoms with van der Waals surface area (Å²) in [6.07, 6.45) is 11.2. The summed E-state index contributed by atoms with van der Waals surface area (Å²) in [5.41, 5.74) is 1.99. The van der Waals surface area contributed by atoms with E-state index in [1.807, 2.05) is 12.3 Å². The molecule has 0 atom stereocenters. The summed E-state index contributed by atoms with van der Waals surface area (Å²) in [5, 5.41) is 7.47. The number of benzene rings is 1. The number of thioether (sulfide) groups is 1. The molecule has 1 N–H and O–H groups in total. The zero-order valence-electron chi connectivity index (χ0n) is 15.3. The van der Waals surface area contributed by atoms with Gasteiger partial charge in [-0.3, -0.25) is 4.79 Å². The SMILES string of the molecule is CSc1ccc(Cl)c(C(=O)Nc2cnn(-c3ncc(N4CCCC4)cn3)c2)c1. The normalized spacial score (nSPS) is 13.7. The lowest BCUT2D eigenvalue weighted by molar-refractivity contribution is 0.102. The van der Waals surface area contributed by atoms with Crippen LogP contribution in [0, 0.1) is 0 Å². The van der Waals surface area contributed by atoms with Gasteiger partial charge in [0, 0.05) is 18.0 Å². The summed E-state index contributed by atoms with van der Waals surface area (Å²) in [5.74, 6) is 0.164. The van der Waals surface area contributed by atoms with E-state index >= 15 is 0 Å². The molecule has 7 nitrogen and oxygen atoms in total. The largest absolute Gasteiger partial charge is 0.369 e. The average molecular weight is 415 g/mol. The minimum Gasteiger partial charge on any atom is -0.369 e. The van der Waals surface area contributed by atoms with Crippen LogP contribution in [0.15, 0.2) is 47.9 Å². The maximum atomic E-state index is 12.6. The molecule has 1 amide bonds. The minimum atomic E-state index is -0.286. The number of carbonyl (C=O) groups excluding carboxylic acids is 1. The first kappa shape index (κ1) is 18.8. The second-order valence-corrected chi connectivity index (χ2v) is 7.70. The lowest BCUT2D eigenvalue weighted by atomic mass is 10.2. The van der Waals surface area contributed by atoms with E-state index in [1.165, 1.54) is 17.5 Å². The summed E-state index contributed by atoms with van der Waals surface area (Å²) in [4.78, 5) is 24.6. The second-order valence-electron chi connectivity index (χ2n) is 6.41. The zero-order valence-corrected chi connectivity index (χ0v) is 16.9. The third-order valence-corrected chi connectivity index (χ3v) is 5.61. The molecule has 28 heavy (non-hydrogen) atoms. The molecule has 2 aromatic heterocycles. The van der Waals surface area contributed by atoms with Crippen molar-refractivity contribution in [3.8, 4) is 5.95 Å². The summed E-state index contributed by atoms with van der Waals surface area (Å²) < 4.78 is 1.53. The molecule has 0 spiro atoms. The summed E-state index contributed by atoms with van der Waals surface area (Å²) in [6.45, 7) is 2.09. The lowest BCUT2D eigenvalue weighted by Gasteiger charge is -2.16. The Morgan fingerprint density at radius 2 is 1.93 bits per heavy atom. The fourth-order valence-corrected chi connectivity index (χ4v) is 3.72. The van der Waals surface area contributed by atoms with E-state index in [0.717, 1.165) is 23.7 Å². The monoisotopic (exact) mass is 414 g/mol. The van der Waals surface area contributed by atoms with Crippen molar-refractivity contribution in [2.24, 2.45) is 0 Å². The van der Waals surface area contributed by atoms with Crippen molar-refractivity contribution < 1.29 is 4.79 Å². The molecule has 0 bridgehead atoms. The summed E-state index contributed by atoms with van der Waals surface area (Å²) >= 11 is 7.72. The Hall–Kier alpha value is -2.58. The van der Waals surface area contributed by atoms with E-state index in [4.69, 9.17) is 11.6 Å². The number of hydrogen-bond acceptors (Lipinski definition) is 6. The molecular formula is C19H19ClN6OS. The van der Waals surface area contributed by atoms with Gasteiger partial charge >= 0.3 is 0 Å². The maximum absolute atomic E-state index is 12.6. The van der Waals surface area contributed by atoms with Crippen LogP contribution in [-0.2, 0) is 0 Å². The molecule has 3 heterocycles. The molecule has 1 aliphatic heterocycles. The molecule has 4 rings (SSSR count). The molecule has 1 saturated heterocycles. The molecule has 3 aromatic rings. The lowest BCUT2D eigenvalue weighted by Crippen LogP contribution is -2.18. The Morgan fingerprint density at radius 3 is 2.64 bits per heavy atom. The van der Waals surface area contributed by atoms with E-state index in [2.05, 4.69) is 25.3 Å². The Labute approximate surface area is 172 Å². The van der Waals surface area contributed by atoms with Crippen molar-refractivity contribution in [2.45, 2.75) is 17.7 Å². The van der Waals surface area contributed by atoms with Gasteiger partial charge in [0.25, 0.3) is 11.9 Å². The zero-order chi connectivity index (χ0) is 19.5. The van der Waals surface area contributed by atoms with Gasteiger partial charge in [-0.05, 0) is 37.3 Å². The van der Waals surface area contributed by atoms with Crippen molar-refractivity contribution >= 4 is 40.6 Å². The Morgan fingerprint density at radius 1 is 1.18 bits per heavy atom. The van der Waals surface area contributed by atoms with Gasteiger partial charge in [-0.1, -0.05) is 11.6 Å². The van der Waals surface area contributed by atoms with E-state index in [0.29, 0.717) is 22.2 Å². The molecule has 1 aromatic carbocycles. The highest BCUT2D eigenvalue weighted by Gasteiger charge is 2.15. The number of hydrogen-bond donors (Lipinski definition) is 1. The predicted octanol–water partition coefficient (Wildman–Crippen LogP) is 3.89. The van der Waals surface area contributed by atoms with Crippen LogP contribution in [0.3, 0.4) is 0 Å². The van der Waals surface area contributed by atoms with Crippen LogP contribution in [0.1, 0.15) is 23.2 Å². The standard InChI is InChI=1S/C19H19ClN6OS/c1-28-15-4-5-17(20)16(8-15)18(27)24-13-9-23-26(12-13)19-21-10-14(11-22-19)25-6-2-3-7-25/h4-5,8-12H,2-3,6-7H2,1H3,(H,24,27). The highest BCUT2D eigenvalue weighted by molar-refractivity contribution is 7.98. The minimum absolute atomic E-state index is 0.286. The second kappa shape index (κ2) is 8.20. The number of amides is 1. The number of rotatable bonds is 5. The van der Waals surface area contributed by atoms with E-state index in [1.54, 1.807) is 48.7 Å². The van der Waals surface area contributed by atoms with Crippen LogP contribution in [0.2, 0.25) is 5.02 Å². The Kier molecular flexibility index (Phi) is 5.50. The van der Waals surface area contributed by atoms with Crippen LogP contribution in [-0.4, -0.2) is 45.0 Å². The molecule has 1 aliphatic rings. The summed E-state index contributed by atoms with van der Waals surface area (Å²) in [6, 6.07) is 5.37. The van der Waals surface area contributed by atoms with Gasteiger partial charge in [-0.2, -0.15) is 5.10 Å². The molecule has 0 saturated carbocycles. The van der Waals surface area contributed by atoms with Crippen LogP contribution >= 0.6 is 23.4 Å². The van der Waals surface area contributed by atoms with E-state index in [9.17, 15) is 4.79 Å². The molecular weight excluding hydrogens is 396 g/mol. The van der Waals surface area contributed by atoms with Crippen molar-refractivity contribution in [3.05, 3.63) is 53.6 Å². The fraction of sp³-hybridized carbons (Fsp3) is 0.263. The number of nitrogens with one attached hydrogen (secondary N) is 1. The Balaban J connectivity index is 1.48. The van der Waals surface area contributed by atoms with Gasteiger partial charge in [0.2, 0.25) is 0 Å². The first-order valence-corrected chi connectivity index (χ1v) is 10.5. The van der Waals surface area contributed by atoms with E-state index < -0.39 is 0 Å². The van der Waals surface area contributed by atoms with Gasteiger partial charge in [-0.15, -0.1) is 11.8 Å². The molecule has 9 heteroatoms. The van der Waals surface area contributed by atoms with Gasteiger partial charge in [0.1, 0.15) is 0 Å². The summed E-state index contributed by atoms with van der Waals surface area (Å²) in [7, 11) is 0. The van der Waals surface area contributed by atoms with Crippen molar-refractivity contribution in [2.75, 3.05) is 29.6 Å². The van der Waals surface area contributed by atoms with Gasteiger partial charge < -0.3 is 10.2 Å². The van der Waals surface area contributed by atoms with Gasteiger partial charge in [0.15, 0.2) is 0 Å². The van der Waals surface area contributed by atoms with Gasteiger partial charge in [0.05, 0.1) is 46.7 Å². The fourth-order valence-electron chi connectivity index (χ4n) is 3.07. The van der Waals surface area contributed by atoms with Gasteiger partial charge in [-0.25, -0.2) is 14.6 Å². The predicted molar refractivity (Wildman–Crippen MR) is 112 cm³/mol. The Bertz CT molecular complexity index is 984. The number of aromatic nitrogens is 4. The highest BCUT2D eigenvalue weighted by Crippen LogP contribution is 2.24. The third kappa shape index (κ3) is 3.98. The van der Waals surface area contributed by atoms with Crippen molar-refractivity contribution in [1.29, 1.82) is 0 Å². The molecule has 144 valence electrons. The van der Waals surface area contributed by atoms with Crippen LogP contribution < -0.4 is 10.2 Å². The van der Waals surface area contributed by atoms with E-state index in [-0.39, 0.29) is 5.91 Å². The smallest absolute Gasteiger partial charge is 0.257 e. The first-order chi connectivity index (χ1) is 13.6. The number of carbonyl (C=O) groups is 1. The molecule has 0 unspecified atom stereocenters. The molecule has 1 fully saturated rings. The third-order valence-electron chi connectivity index (χ3n) is 4.56. The first-order valence-electron chi connectivity index (χ1n) is 8.91. The molecule has 0 aliphatic carbocycles.